The summed E-state index contributed by atoms with van der Waals surface area (Å²) >= 11 is 0. The number of benzene rings is 2. The molecule has 0 radical (unpaired) electrons. The molecule has 9 heteroatoms. The number of aromatic nitrogens is 1. The van der Waals surface area contributed by atoms with Crippen molar-refractivity contribution in [3.8, 4) is 11.5 Å². The third-order valence-electron chi connectivity index (χ3n) is 7.73. The van der Waals surface area contributed by atoms with Gasteiger partial charge in [-0.15, -0.1) is 0 Å². The Labute approximate surface area is 219 Å². The monoisotopic (exact) mass is 522 g/mol. The van der Waals surface area contributed by atoms with E-state index >= 15 is 4.39 Å². The van der Waals surface area contributed by atoms with Gasteiger partial charge in [-0.05, 0) is 69.6 Å². The first-order valence-electron chi connectivity index (χ1n) is 12.9. The normalized spacial score (nSPS) is 20.6. The molecule has 5 rings (SSSR count). The highest BCUT2D eigenvalue weighted by molar-refractivity contribution is 6.01. The average Bonchev–Trinajstić information content (AvgIpc) is 2.88. The minimum absolute atomic E-state index is 0.0520. The highest BCUT2D eigenvalue weighted by atomic mass is 19.1. The molecule has 0 saturated heterocycles. The molecule has 2 heterocycles. The number of amides is 1. The van der Waals surface area contributed by atoms with Gasteiger partial charge in [0.1, 0.15) is 23.6 Å². The first-order chi connectivity index (χ1) is 18.2. The lowest BCUT2D eigenvalue weighted by molar-refractivity contribution is -0.121. The number of nitrogens with zero attached hydrogens (tertiary/aromatic N) is 1. The Balaban J connectivity index is 1.32. The summed E-state index contributed by atoms with van der Waals surface area (Å²) in [5.74, 6) is -1.50. The third kappa shape index (κ3) is 4.61. The second-order valence-corrected chi connectivity index (χ2v) is 10.4. The molecule has 2 N–H and O–H groups in total. The zero-order valence-corrected chi connectivity index (χ0v) is 21.7. The molecule has 2 aromatic carbocycles. The zero-order valence-electron chi connectivity index (χ0n) is 21.7. The van der Waals surface area contributed by atoms with E-state index < -0.39 is 22.8 Å². The molecule has 8 nitrogen and oxygen atoms in total. The fourth-order valence-corrected chi connectivity index (χ4v) is 5.54. The van der Waals surface area contributed by atoms with Gasteiger partial charge in [0.15, 0.2) is 11.6 Å². The number of para-hydroxylation sites is 1. The molecule has 0 bridgehead atoms. The predicted octanol–water partition coefficient (Wildman–Crippen LogP) is 5.23. The molecule has 1 aliphatic carbocycles. The number of aromatic carboxylic acids is 1. The molecule has 2 aliphatic rings. The Hall–Kier alpha value is -3.88. The number of anilines is 1. The Bertz CT molecular complexity index is 1470. The van der Waals surface area contributed by atoms with Crippen LogP contribution in [0.4, 0.5) is 10.1 Å². The molecule has 1 atom stereocenters. The lowest BCUT2D eigenvalue weighted by Gasteiger charge is -2.30. The van der Waals surface area contributed by atoms with Crippen molar-refractivity contribution >= 4 is 28.5 Å². The van der Waals surface area contributed by atoms with Crippen LogP contribution in [0.5, 0.6) is 11.5 Å². The molecule has 200 valence electrons. The van der Waals surface area contributed by atoms with Gasteiger partial charge in [-0.2, -0.15) is 0 Å². The number of nitrogens with one attached hydrogen (secondary N) is 1. The van der Waals surface area contributed by atoms with Gasteiger partial charge in [0.25, 0.3) is 0 Å². The largest absolute Gasteiger partial charge is 0.493 e. The van der Waals surface area contributed by atoms with Gasteiger partial charge in [0.2, 0.25) is 11.3 Å². The minimum atomic E-state index is -1.38. The molecule has 0 unspecified atom stereocenters. The number of aryl methyl sites for hydroxylation is 2. The van der Waals surface area contributed by atoms with Crippen LogP contribution in [0.1, 0.15) is 60.1 Å². The summed E-state index contributed by atoms with van der Waals surface area (Å²) in [6.45, 7) is 6.59. The lowest BCUT2D eigenvalue weighted by atomic mass is 9.82. The second-order valence-electron chi connectivity index (χ2n) is 10.4. The summed E-state index contributed by atoms with van der Waals surface area (Å²) in [5.41, 5.74) is 1.13. The molecule has 38 heavy (non-hydrogen) atoms. The summed E-state index contributed by atoms with van der Waals surface area (Å²) in [5, 5.41) is 12.1. The summed E-state index contributed by atoms with van der Waals surface area (Å²) in [4.78, 5) is 37.5. The summed E-state index contributed by atoms with van der Waals surface area (Å²) in [6, 6.07) is 6.77. The number of carboxylic acid groups (broad SMARTS) is 1. The van der Waals surface area contributed by atoms with Crippen LogP contribution in [-0.2, 0) is 4.79 Å². The van der Waals surface area contributed by atoms with Crippen LogP contribution in [0.15, 0.2) is 35.3 Å². The highest BCUT2D eigenvalue weighted by Gasteiger charge is 2.31. The van der Waals surface area contributed by atoms with Crippen LogP contribution in [0.2, 0.25) is 0 Å². The standard InChI is InChI=1S/C29H31FN2O6/c1-15-5-4-6-16(2)26(15)38-14-18-7-9-19(10-8-18)28(34)31-23-22(30)11-20-24-27(23)37-13-17(3)32(24)12-21(25(20)33)29(35)36/h4-6,11-12,17-19H,7-10,13-14H2,1-3H3,(H,31,34)(H,35,36)/t17-,18?,19?/m0/s1. The first-order valence-corrected chi connectivity index (χ1v) is 12.9. The average molecular weight is 523 g/mol. The van der Waals surface area contributed by atoms with Gasteiger partial charge in [0.05, 0.1) is 23.6 Å². The Kier molecular flexibility index (Phi) is 6.86. The maximum atomic E-state index is 15.2. The number of rotatable bonds is 6. The second kappa shape index (κ2) is 10.1. The first kappa shape index (κ1) is 25.8. The van der Waals surface area contributed by atoms with Crippen LogP contribution in [0.25, 0.3) is 10.9 Å². The highest BCUT2D eigenvalue weighted by Crippen LogP contribution is 2.40. The molecule has 0 spiro atoms. The van der Waals surface area contributed by atoms with E-state index in [1.54, 1.807) is 4.57 Å². The number of carboxylic acids is 1. The van der Waals surface area contributed by atoms with E-state index in [-0.39, 0.29) is 46.8 Å². The van der Waals surface area contributed by atoms with Crippen molar-refractivity contribution < 1.29 is 28.6 Å². The van der Waals surface area contributed by atoms with Gasteiger partial charge in [-0.1, -0.05) is 18.2 Å². The third-order valence-corrected chi connectivity index (χ3v) is 7.73. The molecule has 1 fully saturated rings. The maximum Gasteiger partial charge on any atom is 0.341 e. The van der Waals surface area contributed by atoms with Crippen molar-refractivity contribution in [1.82, 2.24) is 4.57 Å². The van der Waals surface area contributed by atoms with Crippen molar-refractivity contribution in [1.29, 1.82) is 0 Å². The topological polar surface area (TPSA) is 107 Å². The van der Waals surface area contributed by atoms with E-state index in [0.717, 1.165) is 35.8 Å². The van der Waals surface area contributed by atoms with E-state index in [0.29, 0.717) is 25.4 Å². The van der Waals surface area contributed by atoms with Crippen LogP contribution >= 0.6 is 0 Å². The lowest BCUT2D eigenvalue weighted by Crippen LogP contribution is -2.31. The number of carbonyl (C=O) groups is 2. The van der Waals surface area contributed by atoms with Crippen LogP contribution in [-0.4, -0.2) is 34.8 Å². The number of halogens is 1. The van der Waals surface area contributed by atoms with E-state index in [1.807, 2.05) is 39.0 Å². The van der Waals surface area contributed by atoms with Crippen molar-refractivity contribution in [3.05, 3.63) is 63.2 Å². The van der Waals surface area contributed by atoms with E-state index in [9.17, 15) is 19.5 Å². The fraction of sp³-hybridized carbons (Fsp3) is 0.414. The van der Waals surface area contributed by atoms with Gasteiger partial charge >= 0.3 is 5.97 Å². The van der Waals surface area contributed by atoms with E-state index in [2.05, 4.69) is 5.32 Å². The van der Waals surface area contributed by atoms with Gasteiger partial charge in [0, 0.05) is 12.1 Å². The number of pyridine rings is 1. The Morgan fingerprint density at radius 1 is 1.18 bits per heavy atom. The molecule has 1 aliphatic heterocycles. The molecule has 1 saturated carbocycles. The quantitative estimate of drug-likeness (QED) is 0.459. The SMILES string of the molecule is Cc1cccc(C)c1OCC1CCC(C(=O)Nc2c(F)cc3c(=O)c(C(=O)O)cn4c3c2OC[C@@H]4C)CC1. The van der Waals surface area contributed by atoms with Gasteiger partial charge in [-0.25, -0.2) is 9.18 Å². The Morgan fingerprint density at radius 2 is 1.87 bits per heavy atom. The molecular weight excluding hydrogens is 491 g/mol. The minimum Gasteiger partial charge on any atom is -0.493 e. The van der Waals surface area contributed by atoms with E-state index in [1.165, 1.54) is 6.20 Å². The smallest absolute Gasteiger partial charge is 0.341 e. The number of carbonyl (C=O) groups excluding carboxylic acids is 1. The van der Waals surface area contributed by atoms with Crippen molar-refractivity contribution in [2.24, 2.45) is 11.8 Å². The molecule has 1 aromatic heterocycles. The summed E-state index contributed by atoms with van der Waals surface area (Å²) in [6.07, 6.45) is 4.21. The number of ether oxygens (including phenoxy) is 2. The van der Waals surface area contributed by atoms with Crippen molar-refractivity contribution in [3.63, 3.8) is 0 Å². The Morgan fingerprint density at radius 3 is 2.53 bits per heavy atom. The molecule has 3 aromatic rings. The molecule has 1 amide bonds. The van der Waals surface area contributed by atoms with Crippen LogP contribution in [0, 0.1) is 31.5 Å². The van der Waals surface area contributed by atoms with Crippen LogP contribution in [0.3, 0.4) is 0 Å². The van der Waals surface area contributed by atoms with Gasteiger partial charge < -0.3 is 24.5 Å². The van der Waals surface area contributed by atoms with Crippen molar-refractivity contribution in [2.45, 2.75) is 52.5 Å². The fourth-order valence-electron chi connectivity index (χ4n) is 5.54. The van der Waals surface area contributed by atoms with Crippen molar-refractivity contribution in [2.75, 3.05) is 18.5 Å². The van der Waals surface area contributed by atoms with E-state index in [4.69, 9.17) is 9.47 Å². The summed E-state index contributed by atoms with van der Waals surface area (Å²) in [7, 11) is 0. The number of hydrogen-bond acceptors (Lipinski definition) is 5. The van der Waals surface area contributed by atoms with Gasteiger partial charge in [-0.3, -0.25) is 9.59 Å². The van der Waals surface area contributed by atoms with Crippen LogP contribution < -0.4 is 20.2 Å². The number of hydrogen-bond donors (Lipinski definition) is 2. The zero-order chi connectivity index (χ0) is 27.1. The molecular formula is C29H31FN2O6. The summed E-state index contributed by atoms with van der Waals surface area (Å²) < 4.78 is 28.8. The predicted molar refractivity (Wildman–Crippen MR) is 141 cm³/mol. The maximum absolute atomic E-state index is 15.2.